The van der Waals surface area contributed by atoms with Gasteiger partial charge in [0.15, 0.2) is 10.9 Å². The summed E-state index contributed by atoms with van der Waals surface area (Å²) in [4.78, 5) is 16.7. The standard InChI is InChI=1S/C13H16BrN3O4S2/c1-8(18)16-23(20,21)11-6-9(4-5-10(11)14)13(19)7-22-12(15-2)17(13)3/h4-6,19H,7H2,1-3H3,(H,16,18). The molecule has 1 saturated heterocycles. The summed E-state index contributed by atoms with van der Waals surface area (Å²) >= 11 is 4.54. The molecule has 1 aliphatic rings. The Labute approximate surface area is 147 Å². The van der Waals surface area contributed by atoms with E-state index >= 15 is 0 Å². The number of amides is 1. The van der Waals surface area contributed by atoms with E-state index in [4.69, 9.17) is 0 Å². The van der Waals surface area contributed by atoms with Crippen LogP contribution in [0.3, 0.4) is 0 Å². The third-order valence-corrected chi connectivity index (χ3v) is 7.09. The second-order valence-electron chi connectivity index (χ2n) is 4.98. The number of aliphatic imine (C=N–C) groups is 1. The Morgan fingerprint density at radius 2 is 2.17 bits per heavy atom. The van der Waals surface area contributed by atoms with Crippen LogP contribution in [0.1, 0.15) is 12.5 Å². The Morgan fingerprint density at radius 3 is 2.70 bits per heavy atom. The molecule has 0 aromatic heterocycles. The van der Waals surface area contributed by atoms with Gasteiger partial charge in [0.25, 0.3) is 10.0 Å². The normalized spacial score (nSPS) is 23.3. The van der Waals surface area contributed by atoms with Crippen LogP contribution in [0.15, 0.2) is 32.6 Å². The van der Waals surface area contributed by atoms with Crippen molar-refractivity contribution >= 4 is 48.8 Å². The number of amidine groups is 1. The van der Waals surface area contributed by atoms with Crippen LogP contribution < -0.4 is 4.72 Å². The highest BCUT2D eigenvalue weighted by Gasteiger charge is 2.43. The van der Waals surface area contributed by atoms with Crippen LogP contribution in [0.25, 0.3) is 0 Å². The lowest BCUT2D eigenvalue weighted by molar-refractivity contribution is -0.117. The minimum atomic E-state index is -4.02. The van der Waals surface area contributed by atoms with Crippen LogP contribution in [0.5, 0.6) is 0 Å². The molecule has 0 spiro atoms. The van der Waals surface area contributed by atoms with Gasteiger partial charge < -0.3 is 10.0 Å². The summed E-state index contributed by atoms with van der Waals surface area (Å²) in [6.07, 6.45) is 0. The van der Waals surface area contributed by atoms with Crippen molar-refractivity contribution in [3.05, 3.63) is 28.2 Å². The summed E-state index contributed by atoms with van der Waals surface area (Å²) in [6, 6.07) is 4.51. The number of sulfonamides is 1. The molecule has 1 aromatic rings. The third-order valence-electron chi connectivity index (χ3n) is 3.40. The van der Waals surface area contributed by atoms with Crippen molar-refractivity contribution < 1.29 is 18.3 Å². The number of benzene rings is 1. The van der Waals surface area contributed by atoms with Gasteiger partial charge in [-0.05, 0) is 28.1 Å². The van der Waals surface area contributed by atoms with Crippen molar-refractivity contribution in [2.45, 2.75) is 17.5 Å². The summed E-state index contributed by atoms with van der Waals surface area (Å²) in [5.41, 5.74) is -0.973. The van der Waals surface area contributed by atoms with Gasteiger partial charge in [-0.15, -0.1) is 0 Å². The molecular formula is C13H16BrN3O4S2. The maximum absolute atomic E-state index is 12.3. The number of aliphatic hydroxyl groups is 1. The van der Waals surface area contributed by atoms with Gasteiger partial charge in [-0.3, -0.25) is 9.79 Å². The zero-order chi connectivity index (χ0) is 17.4. The summed E-state index contributed by atoms with van der Waals surface area (Å²) in [7, 11) is -0.708. The molecule has 1 aromatic carbocycles. The molecular weight excluding hydrogens is 406 g/mol. The molecule has 1 amide bonds. The molecule has 0 saturated carbocycles. The van der Waals surface area contributed by atoms with E-state index in [1.165, 1.54) is 23.9 Å². The largest absolute Gasteiger partial charge is 0.366 e. The fourth-order valence-corrected chi connectivity index (χ4v) is 5.36. The number of halogens is 1. The smallest absolute Gasteiger partial charge is 0.265 e. The molecule has 1 fully saturated rings. The second-order valence-corrected chi connectivity index (χ2v) is 8.43. The maximum atomic E-state index is 12.3. The Bertz CT molecular complexity index is 781. The molecule has 0 bridgehead atoms. The first-order valence-electron chi connectivity index (χ1n) is 6.51. The number of carbonyl (C=O) groups excluding carboxylic acids is 1. The lowest BCUT2D eigenvalue weighted by atomic mass is 10.0. The molecule has 1 aliphatic heterocycles. The number of thioether (sulfide) groups is 1. The highest BCUT2D eigenvalue weighted by molar-refractivity contribution is 9.10. The van der Waals surface area contributed by atoms with Gasteiger partial charge in [0.1, 0.15) is 4.90 Å². The van der Waals surface area contributed by atoms with Crippen LogP contribution in [-0.2, 0) is 20.5 Å². The molecule has 0 aliphatic carbocycles. The van der Waals surface area contributed by atoms with Crippen molar-refractivity contribution in [3.63, 3.8) is 0 Å². The second kappa shape index (κ2) is 6.42. The van der Waals surface area contributed by atoms with Crippen molar-refractivity contribution in [2.24, 2.45) is 4.99 Å². The van der Waals surface area contributed by atoms with Crippen LogP contribution in [0, 0.1) is 0 Å². The fraction of sp³-hybridized carbons (Fsp3) is 0.385. The van der Waals surface area contributed by atoms with E-state index in [1.54, 1.807) is 25.1 Å². The van der Waals surface area contributed by atoms with E-state index in [2.05, 4.69) is 20.9 Å². The number of hydrogen-bond acceptors (Lipinski definition) is 6. The monoisotopic (exact) mass is 421 g/mol. The average molecular weight is 422 g/mol. The first-order valence-corrected chi connectivity index (χ1v) is 9.77. The number of nitrogens with one attached hydrogen (secondary N) is 1. The predicted molar refractivity (Wildman–Crippen MR) is 92.6 cm³/mol. The molecule has 2 N–H and O–H groups in total. The average Bonchev–Trinajstić information content (AvgIpc) is 2.74. The van der Waals surface area contributed by atoms with Gasteiger partial charge in [0.2, 0.25) is 5.91 Å². The summed E-state index contributed by atoms with van der Waals surface area (Å²) < 4.78 is 26.7. The lowest BCUT2D eigenvalue weighted by Gasteiger charge is -2.31. The van der Waals surface area contributed by atoms with Crippen LogP contribution in [0.4, 0.5) is 0 Å². The Balaban J connectivity index is 2.52. The topological polar surface area (TPSA) is 99.1 Å². The molecule has 7 nitrogen and oxygen atoms in total. The molecule has 1 unspecified atom stereocenters. The van der Waals surface area contributed by atoms with E-state index in [0.29, 0.717) is 21.0 Å². The molecule has 0 radical (unpaired) electrons. The quantitative estimate of drug-likeness (QED) is 0.757. The minimum Gasteiger partial charge on any atom is -0.366 e. The van der Waals surface area contributed by atoms with Gasteiger partial charge in [-0.25, -0.2) is 13.1 Å². The van der Waals surface area contributed by atoms with Crippen LogP contribution >= 0.6 is 27.7 Å². The molecule has 23 heavy (non-hydrogen) atoms. The predicted octanol–water partition coefficient (Wildman–Crippen LogP) is 1.08. The van der Waals surface area contributed by atoms with Crippen LogP contribution in [-0.4, -0.2) is 49.3 Å². The van der Waals surface area contributed by atoms with Crippen molar-refractivity contribution in [3.8, 4) is 0 Å². The number of carbonyl (C=O) groups is 1. The highest BCUT2D eigenvalue weighted by Crippen LogP contribution is 2.39. The van der Waals surface area contributed by atoms with Gasteiger partial charge in [0, 0.05) is 31.1 Å². The van der Waals surface area contributed by atoms with E-state index in [0.717, 1.165) is 6.92 Å². The van der Waals surface area contributed by atoms with Crippen molar-refractivity contribution in [1.82, 2.24) is 9.62 Å². The van der Waals surface area contributed by atoms with E-state index in [-0.39, 0.29) is 4.90 Å². The van der Waals surface area contributed by atoms with Gasteiger partial charge in [0.05, 0.1) is 5.75 Å². The number of hydrogen-bond donors (Lipinski definition) is 2. The zero-order valence-electron chi connectivity index (χ0n) is 12.7. The minimum absolute atomic E-state index is 0.112. The van der Waals surface area contributed by atoms with E-state index < -0.39 is 21.7 Å². The Kier molecular flexibility index (Phi) is 5.09. The van der Waals surface area contributed by atoms with E-state index in [9.17, 15) is 18.3 Å². The molecule has 1 heterocycles. The zero-order valence-corrected chi connectivity index (χ0v) is 15.9. The van der Waals surface area contributed by atoms with Gasteiger partial charge >= 0.3 is 0 Å². The number of nitrogens with zero attached hydrogens (tertiary/aromatic N) is 2. The molecule has 2 rings (SSSR count). The maximum Gasteiger partial charge on any atom is 0.265 e. The third kappa shape index (κ3) is 3.39. The summed E-state index contributed by atoms with van der Waals surface area (Å²) in [5.74, 6) is -0.368. The lowest BCUT2D eigenvalue weighted by Crippen LogP contribution is -2.42. The summed E-state index contributed by atoms with van der Waals surface area (Å²) in [6.45, 7) is 1.12. The Morgan fingerprint density at radius 1 is 1.52 bits per heavy atom. The van der Waals surface area contributed by atoms with Crippen molar-refractivity contribution in [1.29, 1.82) is 0 Å². The highest BCUT2D eigenvalue weighted by atomic mass is 79.9. The van der Waals surface area contributed by atoms with Gasteiger partial charge in [-0.2, -0.15) is 0 Å². The van der Waals surface area contributed by atoms with Crippen LogP contribution in [0.2, 0.25) is 0 Å². The van der Waals surface area contributed by atoms with Crippen molar-refractivity contribution in [2.75, 3.05) is 19.8 Å². The molecule has 126 valence electrons. The molecule has 10 heteroatoms. The SMILES string of the molecule is CN=C1SCC(O)(c2ccc(Br)c(S(=O)(=O)NC(C)=O)c2)N1C. The first kappa shape index (κ1) is 18.2. The number of rotatable bonds is 3. The first-order chi connectivity index (χ1) is 10.6. The van der Waals surface area contributed by atoms with E-state index in [1.807, 2.05) is 4.72 Å². The van der Waals surface area contributed by atoms with Gasteiger partial charge in [-0.1, -0.05) is 17.8 Å². The molecule has 1 atom stereocenters. The Hall–Kier alpha value is -1.10. The fourth-order valence-electron chi connectivity index (χ4n) is 2.21. The summed E-state index contributed by atoms with van der Waals surface area (Å²) in [5, 5.41) is 11.6.